The Labute approximate surface area is 163 Å². The summed E-state index contributed by atoms with van der Waals surface area (Å²) < 4.78 is 1.66. The molecule has 0 fully saturated rings. The van der Waals surface area contributed by atoms with Crippen LogP contribution in [0, 0.1) is 0 Å². The van der Waals surface area contributed by atoms with Crippen molar-refractivity contribution < 1.29 is 4.79 Å². The SMILES string of the molecule is CCCCn1cc(-c2ccccc2)cc(NC(=O)c2ccccc2Cl)c1=O. The average molecular weight is 381 g/mol. The van der Waals surface area contributed by atoms with Crippen LogP contribution in [0.25, 0.3) is 11.1 Å². The van der Waals surface area contributed by atoms with Crippen LogP contribution in [-0.4, -0.2) is 10.5 Å². The highest BCUT2D eigenvalue weighted by Crippen LogP contribution is 2.22. The number of amides is 1. The van der Waals surface area contributed by atoms with Crippen molar-refractivity contribution in [1.82, 2.24) is 4.57 Å². The van der Waals surface area contributed by atoms with Crippen molar-refractivity contribution in [3.63, 3.8) is 0 Å². The minimum atomic E-state index is -0.398. The highest BCUT2D eigenvalue weighted by molar-refractivity contribution is 6.34. The number of halogens is 1. The third-order valence-electron chi connectivity index (χ3n) is 4.31. The highest BCUT2D eigenvalue weighted by atomic mass is 35.5. The van der Waals surface area contributed by atoms with Gasteiger partial charge in [-0.05, 0) is 30.2 Å². The van der Waals surface area contributed by atoms with E-state index >= 15 is 0 Å². The molecule has 1 amide bonds. The number of hydrogen-bond acceptors (Lipinski definition) is 2. The van der Waals surface area contributed by atoms with Crippen LogP contribution in [0.5, 0.6) is 0 Å². The Morgan fingerprint density at radius 2 is 1.74 bits per heavy atom. The monoisotopic (exact) mass is 380 g/mol. The first-order valence-corrected chi connectivity index (χ1v) is 9.33. The first-order valence-electron chi connectivity index (χ1n) is 8.96. The Morgan fingerprint density at radius 3 is 2.44 bits per heavy atom. The average Bonchev–Trinajstić information content (AvgIpc) is 2.69. The van der Waals surface area contributed by atoms with Gasteiger partial charge < -0.3 is 9.88 Å². The smallest absolute Gasteiger partial charge is 0.274 e. The van der Waals surface area contributed by atoms with E-state index in [0.717, 1.165) is 24.0 Å². The zero-order valence-corrected chi connectivity index (χ0v) is 15.9. The van der Waals surface area contributed by atoms with Crippen molar-refractivity contribution >= 4 is 23.2 Å². The molecule has 0 unspecified atom stereocenters. The Morgan fingerprint density at radius 1 is 1.04 bits per heavy atom. The third-order valence-corrected chi connectivity index (χ3v) is 4.64. The van der Waals surface area contributed by atoms with Crippen LogP contribution in [-0.2, 0) is 6.54 Å². The quantitative estimate of drug-likeness (QED) is 0.637. The normalized spacial score (nSPS) is 10.6. The molecule has 0 radical (unpaired) electrons. The molecule has 1 heterocycles. The van der Waals surface area contributed by atoms with Crippen LogP contribution in [0.2, 0.25) is 5.02 Å². The van der Waals surface area contributed by atoms with E-state index in [0.29, 0.717) is 17.1 Å². The predicted octanol–water partition coefficient (Wildman–Crippen LogP) is 5.22. The summed E-state index contributed by atoms with van der Waals surface area (Å²) >= 11 is 6.11. The number of carbonyl (C=O) groups is 1. The summed E-state index contributed by atoms with van der Waals surface area (Å²) in [4.78, 5) is 25.4. The van der Waals surface area contributed by atoms with Gasteiger partial charge in [0.25, 0.3) is 11.5 Å². The van der Waals surface area contributed by atoms with Crippen molar-refractivity contribution in [1.29, 1.82) is 0 Å². The van der Waals surface area contributed by atoms with Gasteiger partial charge in [-0.1, -0.05) is 67.4 Å². The van der Waals surface area contributed by atoms with Gasteiger partial charge in [-0.2, -0.15) is 0 Å². The summed E-state index contributed by atoms with van der Waals surface area (Å²) in [5.41, 5.74) is 2.22. The summed E-state index contributed by atoms with van der Waals surface area (Å²) in [5, 5.41) is 3.09. The number of rotatable bonds is 6. The van der Waals surface area contributed by atoms with Crippen LogP contribution in [0.1, 0.15) is 30.1 Å². The number of benzene rings is 2. The fraction of sp³-hybridized carbons (Fsp3) is 0.182. The van der Waals surface area contributed by atoms with Gasteiger partial charge in [-0.3, -0.25) is 9.59 Å². The van der Waals surface area contributed by atoms with Gasteiger partial charge in [0, 0.05) is 18.3 Å². The van der Waals surface area contributed by atoms with E-state index in [1.807, 2.05) is 36.5 Å². The summed E-state index contributed by atoms with van der Waals surface area (Å²) in [5.74, 6) is -0.398. The third kappa shape index (κ3) is 4.47. The van der Waals surface area contributed by atoms with E-state index in [2.05, 4.69) is 12.2 Å². The molecule has 0 atom stereocenters. The first kappa shape index (κ1) is 18.9. The number of carbonyl (C=O) groups excluding carboxylic acids is 1. The minimum absolute atomic E-state index is 0.219. The molecule has 0 saturated heterocycles. The maximum Gasteiger partial charge on any atom is 0.274 e. The van der Waals surface area contributed by atoms with Crippen LogP contribution < -0.4 is 10.9 Å². The molecule has 1 N–H and O–H groups in total. The summed E-state index contributed by atoms with van der Waals surface area (Å²) in [6.07, 6.45) is 3.71. The molecule has 27 heavy (non-hydrogen) atoms. The molecule has 4 nitrogen and oxygen atoms in total. The molecule has 0 saturated carbocycles. The second-order valence-electron chi connectivity index (χ2n) is 6.29. The number of nitrogens with zero attached hydrogens (tertiary/aromatic N) is 1. The van der Waals surface area contributed by atoms with Gasteiger partial charge in [0.1, 0.15) is 5.69 Å². The largest absolute Gasteiger partial charge is 0.317 e. The lowest BCUT2D eigenvalue weighted by Crippen LogP contribution is -2.26. The van der Waals surface area contributed by atoms with E-state index in [4.69, 9.17) is 11.6 Å². The summed E-state index contributed by atoms with van der Waals surface area (Å²) in [7, 11) is 0. The van der Waals surface area contributed by atoms with E-state index < -0.39 is 5.91 Å². The van der Waals surface area contributed by atoms with Crippen LogP contribution in [0.15, 0.2) is 71.7 Å². The van der Waals surface area contributed by atoms with Gasteiger partial charge in [-0.25, -0.2) is 0 Å². The highest BCUT2D eigenvalue weighted by Gasteiger charge is 2.14. The number of aromatic nitrogens is 1. The second-order valence-corrected chi connectivity index (χ2v) is 6.70. The van der Waals surface area contributed by atoms with Gasteiger partial charge in [0.15, 0.2) is 0 Å². The van der Waals surface area contributed by atoms with Crippen molar-refractivity contribution in [3.8, 4) is 11.1 Å². The Balaban J connectivity index is 2.01. The summed E-state index contributed by atoms with van der Waals surface area (Å²) in [6, 6.07) is 18.3. The molecule has 0 aliphatic rings. The lowest BCUT2D eigenvalue weighted by atomic mass is 10.1. The molecule has 3 rings (SSSR count). The van der Waals surface area contributed by atoms with Crippen LogP contribution in [0.4, 0.5) is 5.69 Å². The maximum atomic E-state index is 12.8. The summed E-state index contributed by atoms with van der Waals surface area (Å²) in [6.45, 7) is 2.68. The zero-order valence-electron chi connectivity index (χ0n) is 15.1. The fourth-order valence-electron chi connectivity index (χ4n) is 2.84. The molecule has 0 aliphatic heterocycles. The van der Waals surface area contributed by atoms with Gasteiger partial charge in [-0.15, -0.1) is 0 Å². The molecule has 3 aromatic rings. The second kappa shape index (κ2) is 8.69. The first-order chi connectivity index (χ1) is 13.1. The Kier molecular flexibility index (Phi) is 6.09. The van der Waals surface area contributed by atoms with E-state index in [1.54, 1.807) is 34.9 Å². The van der Waals surface area contributed by atoms with Crippen molar-refractivity contribution in [3.05, 3.63) is 87.8 Å². The number of unbranched alkanes of at least 4 members (excludes halogenated alkanes) is 1. The van der Waals surface area contributed by atoms with E-state index in [1.165, 1.54) is 0 Å². The molecule has 2 aromatic carbocycles. The molecular weight excluding hydrogens is 360 g/mol. The maximum absolute atomic E-state index is 12.8. The molecule has 138 valence electrons. The van der Waals surface area contributed by atoms with E-state index in [9.17, 15) is 9.59 Å². The fourth-order valence-corrected chi connectivity index (χ4v) is 3.06. The molecule has 0 aliphatic carbocycles. The number of pyridine rings is 1. The van der Waals surface area contributed by atoms with Crippen LogP contribution >= 0.6 is 11.6 Å². The molecular formula is C22H21ClN2O2. The number of aryl methyl sites for hydroxylation is 1. The van der Waals surface area contributed by atoms with Crippen LogP contribution in [0.3, 0.4) is 0 Å². The van der Waals surface area contributed by atoms with Gasteiger partial charge >= 0.3 is 0 Å². The van der Waals surface area contributed by atoms with Crippen molar-refractivity contribution in [2.75, 3.05) is 5.32 Å². The standard InChI is InChI=1S/C22H21ClN2O2/c1-2-3-13-25-15-17(16-9-5-4-6-10-16)14-20(22(25)27)24-21(26)18-11-7-8-12-19(18)23/h4-12,14-15H,2-3,13H2,1H3,(H,24,26). The predicted molar refractivity (Wildman–Crippen MR) is 110 cm³/mol. The lowest BCUT2D eigenvalue weighted by Gasteiger charge is -2.13. The molecule has 0 bridgehead atoms. The topological polar surface area (TPSA) is 51.1 Å². The minimum Gasteiger partial charge on any atom is -0.317 e. The molecule has 0 spiro atoms. The van der Waals surface area contributed by atoms with Crippen molar-refractivity contribution in [2.24, 2.45) is 0 Å². The Bertz CT molecular complexity index is 997. The zero-order chi connectivity index (χ0) is 19.2. The number of anilines is 1. The molecule has 1 aromatic heterocycles. The van der Waals surface area contributed by atoms with Gasteiger partial charge in [0.2, 0.25) is 0 Å². The Hall–Kier alpha value is -2.85. The van der Waals surface area contributed by atoms with Crippen molar-refractivity contribution in [2.45, 2.75) is 26.3 Å². The number of hydrogen-bond donors (Lipinski definition) is 1. The van der Waals surface area contributed by atoms with Gasteiger partial charge in [0.05, 0.1) is 10.6 Å². The van der Waals surface area contributed by atoms with E-state index in [-0.39, 0.29) is 11.2 Å². The molecule has 5 heteroatoms. The number of nitrogens with one attached hydrogen (secondary N) is 1. The lowest BCUT2D eigenvalue weighted by molar-refractivity contribution is 0.102.